The fourth-order valence-corrected chi connectivity index (χ4v) is 1.79. The number of rotatable bonds is 10. The highest BCUT2D eigenvalue weighted by Crippen LogP contribution is 2.28. The largest absolute Gasteiger partial charge is 0.493 e. The molecule has 0 aliphatic carbocycles. The Morgan fingerprint density at radius 1 is 1.05 bits per heavy atom. The molecule has 0 spiro atoms. The molecular weight excluding hydrogens is 266 g/mol. The highest BCUT2D eigenvalue weighted by atomic mass is 16.5. The third-order valence-corrected chi connectivity index (χ3v) is 2.88. The van der Waals surface area contributed by atoms with Crippen molar-refractivity contribution < 1.29 is 14.2 Å². The first kappa shape index (κ1) is 17.8. The summed E-state index contributed by atoms with van der Waals surface area (Å²) in [6, 6.07) is 6.49. The number of nitrogens with one attached hydrogen (secondary N) is 1. The highest BCUT2D eigenvalue weighted by molar-refractivity contribution is 5.42. The molecule has 0 aliphatic rings. The van der Waals surface area contributed by atoms with Gasteiger partial charge in [0, 0.05) is 19.2 Å². The predicted octanol–water partition coefficient (Wildman–Crippen LogP) is 3.24. The average molecular weight is 295 g/mol. The molecule has 0 atom stereocenters. The molecular formula is C17H29NO3. The maximum absolute atomic E-state index is 5.72. The van der Waals surface area contributed by atoms with Crippen LogP contribution in [0.4, 0.5) is 0 Å². The van der Waals surface area contributed by atoms with E-state index in [0.717, 1.165) is 24.7 Å². The molecule has 21 heavy (non-hydrogen) atoms. The number of benzene rings is 1. The minimum Gasteiger partial charge on any atom is -0.493 e. The van der Waals surface area contributed by atoms with Crippen molar-refractivity contribution in [1.82, 2.24) is 5.32 Å². The maximum Gasteiger partial charge on any atom is 0.161 e. The number of methoxy groups -OCH3 is 1. The summed E-state index contributed by atoms with van der Waals surface area (Å²) in [5.74, 6) is 2.08. The second-order valence-electron chi connectivity index (χ2n) is 5.84. The first-order chi connectivity index (χ1) is 10.0. The van der Waals surface area contributed by atoms with Gasteiger partial charge in [-0.3, -0.25) is 0 Å². The Morgan fingerprint density at radius 2 is 1.81 bits per heavy atom. The number of ether oxygens (including phenoxy) is 3. The van der Waals surface area contributed by atoms with E-state index in [1.807, 2.05) is 12.1 Å². The second-order valence-corrected chi connectivity index (χ2v) is 5.84. The smallest absolute Gasteiger partial charge is 0.161 e. The van der Waals surface area contributed by atoms with Gasteiger partial charge in [-0.1, -0.05) is 33.8 Å². The van der Waals surface area contributed by atoms with Crippen LogP contribution < -0.4 is 14.8 Å². The zero-order chi connectivity index (χ0) is 15.7. The van der Waals surface area contributed by atoms with Crippen molar-refractivity contribution in [2.24, 2.45) is 5.92 Å². The lowest BCUT2D eigenvalue weighted by Gasteiger charge is -2.14. The number of hydrogen-bond donors (Lipinski definition) is 1. The molecule has 1 aromatic carbocycles. The molecule has 4 heteroatoms. The number of hydrogen-bond acceptors (Lipinski definition) is 4. The Bertz CT molecular complexity index is 405. The van der Waals surface area contributed by atoms with Crippen LogP contribution in [0.3, 0.4) is 0 Å². The predicted molar refractivity (Wildman–Crippen MR) is 86.1 cm³/mol. The second kappa shape index (κ2) is 9.64. The molecule has 4 nitrogen and oxygen atoms in total. The Morgan fingerprint density at radius 3 is 2.43 bits per heavy atom. The Hall–Kier alpha value is -1.26. The van der Waals surface area contributed by atoms with E-state index < -0.39 is 0 Å². The van der Waals surface area contributed by atoms with Gasteiger partial charge in [0.1, 0.15) is 6.61 Å². The standard InChI is InChI=1S/C17H29NO3/c1-13(2)12-20-8-9-21-16-7-6-15(10-17(16)19-5)11-18-14(3)4/h6-7,10,13-14,18H,8-9,11-12H2,1-5H3. The van der Waals surface area contributed by atoms with Gasteiger partial charge < -0.3 is 19.5 Å². The summed E-state index contributed by atoms with van der Waals surface area (Å²) in [6.07, 6.45) is 0. The third-order valence-electron chi connectivity index (χ3n) is 2.88. The van der Waals surface area contributed by atoms with E-state index in [1.165, 1.54) is 5.56 Å². The van der Waals surface area contributed by atoms with E-state index in [4.69, 9.17) is 14.2 Å². The van der Waals surface area contributed by atoms with Crippen LogP contribution in [-0.4, -0.2) is 33.0 Å². The maximum atomic E-state index is 5.72. The van der Waals surface area contributed by atoms with Crippen LogP contribution in [-0.2, 0) is 11.3 Å². The van der Waals surface area contributed by atoms with Crippen LogP contribution in [0.25, 0.3) is 0 Å². The fourth-order valence-electron chi connectivity index (χ4n) is 1.79. The van der Waals surface area contributed by atoms with Crippen LogP contribution in [0.2, 0.25) is 0 Å². The molecule has 0 unspecified atom stereocenters. The van der Waals surface area contributed by atoms with Crippen molar-refractivity contribution in [3.05, 3.63) is 23.8 Å². The Labute approximate surface area is 128 Å². The van der Waals surface area contributed by atoms with Crippen molar-refractivity contribution >= 4 is 0 Å². The molecule has 0 heterocycles. The van der Waals surface area contributed by atoms with Gasteiger partial charge in [-0.2, -0.15) is 0 Å². The van der Waals surface area contributed by atoms with Gasteiger partial charge in [-0.05, 0) is 23.6 Å². The Balaban J connectivity index is 2.46. The van der Waals surface area contributed by atoms with E-state index in [2.05, 4.69) is 39.1 Å². The van der Waals surface area contributed by atoms with Gasteiger partial charge in [0.2, 0.25) is 0 Å². The molecule has 0 amide bonds. The van der Waals surface area contributed by atoms with Gasteiger partial charge in [-0.25, -0.2) is 0 Å². The minimum absolute atomic E-state index is 0.463. The van der Waals surface area contributed by atoms with Gasteiger partial charge in [0.15, 0.2) is 11.5 Å². The van der Waals surface area contributed by atoms with Crippen molar-refractivity contribution in [3.63, 3.8) is 0 Å². The molecule has 0 aliphatic heterocycles. The molecule has 0 saturated heterocycles. The Kier molecular flexibility index (Phi) is 8.16. The molecule has 0 saturated carbocycles. The van der Waals surface area contributed by atoms with Crippen LogP contribution in [0.5, 0.6) is 11.5 Å². The third kappa shape index (κ3) is 7.34. The average Bonchev–Trinajstić information content (AvgIpc) is 2.45. The normalized spacial score (nSPS) is 11.2. The summed E-state index contributed by atoms with van der Waals surface area (Å²) in [4.78, 5) is 0. The highest BCUT2D eigenvalue weighted by Gasteiger charge is 2.06. The molecule has 0 radical (unpaired) electrons. The molecule has 120 valence electrons. The van der Waals surface area contributed by atoms with Crippen LogP contribution in [0, 0.1) is 5.92 Å². The zero-order valence-corrected chi connectivity index (χ0v) is 13.9. The monoisotopic (exact) mass is 295 g/mol. The van der Waals surface area contributed by atoms with Gasteiger partial charge >= 0.3 is 0 Å². The quantitative estimate of drug-likeness (QED) is 0.673. The SMILES string of the molecule is COc1cc(CNC(C)C)ccc1OCCOCC(C)C. The van der Waals surface area contributed by atoms with Crippen LogP contribution in [0.15, 0.2) is 18.2 Å². The topological polar surface area (TPSA) is 39.7 Å². The van der Waals surface area contributed by atoms with Crippen LogP contribution in [0.1, 0.15) is 33.3 Å². The van der Waals surface area contributed by atoms with Crippen molar-refractivity contribution in [3.8, 4) is 11.5 Å². The van der Waals surface area contributed by atoms with Crippen molar-refractivity contribution in [2.75, 3.05) is 26.9 Å². The van der Waals surface area contributed by atoms with E-state index >= 15 is 0 Å². The molecule has 0 aromatic heterocycles. The van der Waals surface area contributed by atoms with E-state index in [9.17, 15) is 0 Å². The summed E-state index contributed by atoms with van der Waals surface area (Å²) in [5.41, 5.74) is 1.18. The first-order valence-corrected chi connectivity index (χ1v) is 7.63. The lowest BCUT2D eigenvalue weighted by atomic mass is 10.2. The zero-order valence-electron chi connectivity index (χ0n) is 13.9. The summed E-state index contributed by atoms with van der Waals surface area (Å²) in [6.45, 7) is 11.2. The van der Waals surface area contributed by atoms with E-state index in [-0.39, 0.29) is 0 Å². The minimum atomic E-state index is 0.463. The van der Waals surface area contributed by atoms with E-state index in [0.29, 0.717) is 25.2 Å². The summed E-state index contributed by atoms with van der Waals surface area (Å²) >= 11 is 0. The van der Waals surface area contributed by atoms with E-state index in [1.54, 1.807) is 7.11 Å². The summed E-state index contributed by atoms with van der Waals surface area (Å²) in [7, 11) is 1.66. The van der Waals surface area contributed by atoms with Crippen LogP contribution >= 0.6 is 0 Å². The molecule has 0 fully saturated rings. The van der Waals surface area contributed by atoms with Crippen molar-refractivity contribution in [1.29, 1.82) is 0 Å². The molecule has 0 bridgehead atoms. The first-order valence-electron chi connectivity index (χ1n) is 7.63. The molecule has 1 aromatic rings. The summed E-state index contributed by atoms with van der Waals surface area (Å²) < 4.78 is 16.6. The van der Waals surface area contributed by atoms with Gasteiger partial charge in [0.05, 0.1) is 13.7 Å². The molecule has 1 rings (SSSR count). The summed E-state index contributed by atoms with van der Waals surface area (Å²) in [5, 5.41) is 3.39. The fraction of sp³-hybridized carbons (Fsp3) is 0.647. The molecule has 1 N–H and O–H groups in total. The van der Waals surface area contributed by atoms with Gasteiger partial charge in [-0.15, -0.1) is 0 Å². The lowest BCUT2D eigenvalue weighted by Crippen LogP contribution is -2.21. The van der Waals surface area contributed by atoms with Crippen molar-refractivity contribution in [2.45, 2.75) is 40.3 Å². The van der Waals surface area contributed by atoms with Gasteiger partial charge in [0.25, 0.3) is 0 Å². The lowest BCUT2D eigenvalue weighted by molar-refractivity contribution is 0.0811.